The van der Waals surface area contributed by atoms with E-state index in [0.717, 1.165) is 23.4 Å². The molecule has 2 aromatic carbocycles. The summed E-state index contributed by atoms with van der Waals surface area (Å²) in [6, 6.07) is 13.3. The average Bonchev–Trinajstić information content (AvgIpc) is 3.46. The van der Waals surface area contributed by atoms with Crippen LogP contribution in [0.15, 0.2) is 64.3 Å². The van der Waals surface area contributed by atoms with Crippen LogP contribution in [0.1, 0.15) is 39.2 Å². The Morgan fingerprint density at radius 3 is 2.76 bits per heavy atom. The predicted molar refractivity (Wildman–Crippen MR) is 122 cm³/mol. The summed E-state index contributed by atoms with van der Waals surface area (Å²) in [5.74, 6) is 0.555. The maximum atomic E-state index is 12.5. The molecule has 0 saturated heterocycles. The van der Waals surface area contributed by atoms with Crippen molar-refractivity contribution in [2.45, 2.75) is 20.4 Å². The van der Waals surface area contributed by atoms with E-state index in [9.17, 15) is 9.59 Å². The van der Waals surface area contributed by atoms with Gasteiger partial charge in [0.15, 0.2) is 11.5 Å². The highest BCUT2D eigenvalue weighted by atomic mass is 16.6. The third kappa shape index (κ3) is 4.62. The summed E-state index contributed by atoms with van der Waals surface area (Å²) in [6.07, 6.45) is 2.85. The standard InChI is InChI=1S/C24H22N4O5/c1-4-28-15(2)26-18-13-17(8-9-19(18)28)23(29)27-25-14-16-7-10-20(22(12-16)31-3)33-24(30)21-6-5-11-32-21/h5-14H,4H2,1-3H3,(H,27,29)/b25-14+. The molecule has 2 heterocycles. The Hall–Kier alpha value is -4.40. The summed E-state index contributed by atoms with van der Waals surface area (Å²) >= 11 is 0. The zero-order valence-corrected chi connectivity index (χ0v) is 18.4. The number of aromatic nitrogens is 2. The second-order valence-electron chi connectivity index (χ2n) is 7.08. The summed E-state index contributed by atoms with van der Waals surface area (Å²) in [5.41, 5.74) is 5.34. The summed E-state index contributed by atoms with van der Waals surface area (Å²) in [4.78, 5) is 29.1. The number of nitrogens with one attached hydrogen (secondary N) is 1. The predicted octanol–water partition coefficient (Wildman–Crippen LogP) is 3.95. The molecule has 4 rings (SSSR count). The van der Waals surface area contributed by atoms with E-state index in [2.05, 4.69) is 20.1 Å². The fourth-order valence-corrected chi connectivity index (χ4v) is 3.41. The first kappa shape index (κ1) is 21.8. The molecule has 0 atom stereocenters. The van der Waals surface area contributed by atoms with Crippen LogP contribution in [0.2, 0.25) is 0 Å². The van der Waals surface area contributed by atoms with Crippen LogP contribution in [-0.2, 0) is 6.54 Å². The second kappa shape index (κ2) is 9.39. The molecule has 0 aliphatic carbocycles. The van der Waals surface area contributed by atoms with Gasteiger partial charge < -0.3 is 18.5 Å². The molecule has 0 aliphatic rings. The smallest absolute Gasteiger partial charge is 0.379 e. The zero-order valence-electron chi connectivity index (χ0n) is 18.4. The number of imidazole rings is 1. The molecule has 0 radical (unpaired) electrons. The summed E-state index contributed by atoms with van der Waals surface area (Å²) in [5, 5.41) is 4.02. The SMILES string of the molecule is CCn1c(C)nc2cc(C(=O)N/N=C/c3ccc(OC(=O)c4ccco4)c(OC)c3)ccc21. The molecule has 0 unspecified atom stereocenters. The first-order valence-electron chi connectivity index (χ1n) is 10.2. The van der Waals surface area contributed by atoms with Crippen molar-refractivity contribution in [2.24, 2.45) is 5.10 Å². The van der Waals surface area contributed by atoms with Gasteiger partial charge in [-0.05, 0) is 67.9 Å². The molecule has 1 N–H and O–H groups in total. The average molecular weight is 446 g/mol. The molecule has 2 aromatic heterocycles. The number of rotatable bonds is 7. The zero-order chi connectivity index (χ0) is 23.4. The van der Waals surface area contributed by atoms with Gasteiger partial charge in [0.05, 0.1) is 30.6 Å². The van der Waals surface area contributed by atoms with Crippen molar-refractivity contribution in [3.63, 3.8) is 0 Å². The number of fused-ring (bicyclic) bond motifs is 1. The fraction of sp³-hybridized carbons (Fsp3) is 0.167. The number of hydrogen-bond donors (Lipinski definition) is 1. The van der Waals surface area contributed by atoms with Gasteiger partial charge in [-0.15, -0.1) is 0 Å². The van der Waals surface area contributed by atoms with E-state index in [0.29, 0.717) is 16.9 Å². The van der Waals surface area contributed by atoms with Crippen molar-refractivity contribution in [3.8, 4) is 11.5 Å². The summed E-state index contributed by atoms with van der Waals surface area (Å²) in [6.45, 7) is 4.79. The monoisotopic (exact) mass is 446 g/mol. The fourth-order valence-electron chi connectivity index (χ4n) is 3.41. The number of furan rings is 1. The van der Waals surface area contributed by atoms with E-state index >= 15 is 0 Å². The molecule has 33 heavy (non-hydrogen) atoms. The minimum atomic E-state index is -0.636. The Balaban J connectivity index is 1.44. The molecule has 0 saturated carbocycles. The van der Waals surface area contributed by atoms with E-state index in [4.69, 9.17) is 13.9 Å². The van der Waals surface area contributed by atoms with Gasteiger partial charge in [-0.1, -0.05) is 0 Å². The molecule has 168 valence electrons. The van der Waals surface area contributed by atoms with Crippen LogP contribution in [0, 0.1) is 6.92 Å². The van der Waals surface area contributed by atoms with Crippen LogP contribution in [0.4, 0.5) is 0 Å². The van der Waals surface area contributed by atoms with Gasteiger partial charge in [-0.2, -0.15) is 5.10 Å². The van der Waals surface area contributed by atoms with Gasteiger partial charge in [0.1, 0.15) is 5.82 Å². The summed E-state index contributed by atoms with van der Waals surface area (Å²) < 4.78 is 17.7. The number of aryl methyl sites for hydroxylation is 2. The van der Waals surface area contributed by atoms with Gasteiger partial charge >= 0.3 is 5.97 Å². The minimum Gasteiger partial charge on any atom is -0.493 e. The Morgan fingerprint density at radius 2 is 2.03 bits per heavy atom. The Morgan fingerprint density at radius 1 is 1.18 bits per heavy atom. The number of carbonyl (C=O) groups excluding carboxylic acids is 2. The van der Waals surface area contributed by atoms with Crippen LogP contribution >= 0.6 is 0 Å². The number of ether oxygens (including phenoxy) is 2. The molecule has 9 heteroatoms. The molecule has 0 spiro atoms. The van der Waals surface area contributed by atoms with E-state index in [1.54, 1.807) is 36.4 Å². The number of amides is 1. The lowest BCUT2D eigenvalue weighted by Crippen LogP contribution is -2.17. The van der Waals surface area contributed by atoms with Gasteiger partial charge in [0.2, 0.25) is 5.76 Å². The van der Waals surface area contributed by atoms with E-state index < -0.39 is 5.97 Å². The Labute approximate surface area is 189 Å². The molecule has 0 aliphatic heterocycles. The highest BCUT2D eigenvalue weighted by Crippen LogP contribution is 2.28. The van der Waals surface area contributed by atoms with Crippen molar-refractivity contribution in [1.29, 1.82) is 0 Å². The lowest BCUT2D eigenvalue weighted by atomic mass is 10.2. The highest BCUT2D eigenvalue weighted by Gasteiger charge is 2.15. The third-order valence-corrected chi connectivity index (χ3v) is 5.01. The first-order valence-corrected chi connectivity index (χ1v) is 10.2. The van der Waals surface area contributed by atoms with Gasteiger partial charge in [-0.25, -0.2) is 15.2 Å². The quantitative estimate of drug-likeness (QED) is 0.199. The first-order chi connectivity index (χ1) is 16.0. The molecule has 1 amide bonds. The van der Waals surface area contributed by atoms with Crippen LogP contribution in [-0.4, -0.2) is 34.8 Å². The van der Waals surface area contributed by atoms with E-state index in [1.807, 2.05) is 19.9 Å². The number of hydrogen-bond acceptors (Lipinski definition) is 7. The van der Waals surface area contributed by atoms with Crippen LogP contribution in [0.3, 0.4) is 0 Å². The molecule has 0 fully saturated rings. The maximum absolute atomic E-state index is 12.5. The molecular formula is C24H22N4O5. The number of nitrogens with zero attached hydrogens (tertiary/aromatic N) is 3. The number of benzene rings is 2. The molecular weight excluding hydrogens is 424 g/mol. The van der Waals surface area contributed by atoms with Crippen LogP contribution in [0.5, 0.6) is 11.5 Å². The lowest BCUT2D eigenvalue weighted by molar-refractivity contribution is 0.0696. The lowest BCUT2D eigenvalue weighted by Gasteiger charge is -2.09. The van der Waals surface area contributed by atoms with E-state index in [1.165, 1.54) is 25.7 Å². The Kier molecular flexibility index (Phi) is 6.21. The normalized spacial score (nSPS) is 11.1. The van der Waals surface area contributed by atoms with Crippen molar-refractivity contribution < 1.29 is 23.5 Å². The topological polar surface area (TPSA) is 108 Å². The van der Waals surface area contributed by atoms with Gasteiger partial charge in [0.25, 0.3) is 5.91 Å². The molecule has 4 aromatic rings. The number of carbonyl (C=O) groups is 2. The second-order valence-corrected chi connectivity index (χ2v) is 7.08. The van der Waals surface area contributed by atoms with Crippen molar-refractivity contribution in [1.82, 2.24) is 15.0 Å². The molecule has 9 nitrogen and oxygen atoms in total. The summed E-state index contributed by atoms with van der Waals surface area (Å²) in [7, 11) is 1.46. The third-order valence-electron chi connectivity index (χ3n) is 5.01. The van der Waals surface area contributed by atoms with Gasteiger partial charge in [-0.3, -0.25) is 4.79 Å². The van der Waals surface area contributed by atoms with E-state index in [-0.39, 0.29) is 17.4 Å². The van der Waals surface area contributed by atoms with Crippen LogP contribution < -0.4 is 14.9 Å². The number of esters is 1. The Bertz CT molecular complexity index is 1340. The van der Waals surface area contributed by atoms with Crippen molar-refractivity contribution in [3.05, 3.63) is 77.5 Å². The van der Waals surface area contributed by atoms with Crippen molar-refractivity contribution >= 4 is 29.1 Å². The van der Waals surface area contributed by atoms with Gasteiger partial charge in [0, 0.05) is 12.1 Å². The molecule has 0 bridgehead atoms. The van der Waals surface area contributed by atoms with Crippen molar-refractivity contribution in [2.75, 3.05) is 7.11 Å². The maximum Gasteiger partial charge on any atom is 0.379 e. The minimum absolute atomic E-state index is 0.0835. The number of hydrazone groups is 1. The number of methoxy groups -OCH3 is 1. The highest BCUT2D eigenvalue weighted by molar-refractivity contribution is 5.98. The largest absolute Gasteiger partial charge is 0.493 e. The van der Waals surface area contributed by atoms with Crippen LogP contribution in [0.25, 0.3) is 11.0 Å².